The highest BCUT2D eigenvalue weighted by Gasteiger charge is 2.12. The van der Waals surface area contributed by atoms with Crippen molar-refractivity contribution in [1.29, 1.82) is 0 Å². The van der Waals surface area contributed by atoms with Gasteiger partial charge in [0.15, 0.2) is 0 Å². The van der Waals surface area contributed by atoms with E-state index in [1.807, 2.05) is 19.2 Å². The molecule has 1 fully saturated rings. The lowest BCUT2D eigenvalue weighted by Crippen LogP contribution is -2.30. The van der Waals surface area contributed by atoms with E-state index in [9.17, 15) is 0 Å². The SMILES string of the molecule is Cc1nccc(CNC2CCCCC2)n1. The predicted octanol–water partition coefficient (Wildman–Crippen LogP) is 2.21. The molecule has 0 spiro atoms. The molecule has 3 heteroatoms. The van der Waals surface area contributed by atoms with Crippen LogP contribution in [-0.4, -0.2) is 16.0 Å². The Kier molecular flexibility index (Phi) is 3.67. The minimum Gasteiger partial charge on any atom is -0.308 e. The molecule has 0 atom stereocenters. The second-order valence-electron chi connectivity index (χ2n) is 4.31. The van der Waals surface area contributed by atoms with Gasteiger partial charge in [-0.25, -0.2) is 9.97 Å². The molecule has 0 saturated heterocycles. The number of nitrogens with zero attached hydrogens (tertiary/aromatic N) is 2. The molecule has 0 bridgehead atoms. The molecular formula is C12H19N3. The second-order valence-corrected chi connectivity index (χ2v) is 4.31. The van der Waals surface area contributed by atoms with E-state index >= 15 is 0 Å². The van der Waals surface area contributed by atoms with Gasteiger partial charge in [-0.1, -0.05) is 19.3 Å². The van der Waals surface area contributed by atoms with Gasteiger partial charge in [-0.3, -0.25) is 0 Å². The molecule has 1 aliphatic carbocycles. The maximum absolute atomic E-state index is 4.38. The van der Waals surface area contributed by atoms with Crippen molar-refractivity contribution in [2.45, 2.75) is 51.6 Å². The highest BCUT2D eigenvalue weighted by molar-refractivity contribution is 5.01. The van der Waals surface area contributed by atoms with Gasteiger partial charge in [-0.15, -0.1) is 0 Å². The third-order valence-electron chi connectivity index (χ3n) is 3.01. The highest BCUT2D eigenvalue weighted by Crippen LogP contribution is 2.17. The molecule has 1 saturated carbocycles. The first kappa shape index (κ1) is 10.6. The smallest absolute Gasteiger partial charge is 0.125 e. The molecule has 1 aromatic rings. The van der Waals surface area contributed by atoms with Crippen LogP contribution < -0.4 is 5.32 Å². The van der Waals surface area contributed by atoms with Gasteiger partial charge in [0.05, 0.1) is 5.69 Å². The third-order valence-corrected chi connectivity index (χ3v) is 3.01. The predicted molar refractivity (Wildman–Crippen MR) is 60.5 cm³/mol. The summed E-state index contributed by atoms with van der Waals surface area (Å²) in [5.41, 5.74) is 1.10. The van der Waals surface area contributed by atoms with Gasteiger partial charge < -0.3 is 5.32 Å². The van der Waals surface area contributed by atoms with Crippen LogP contribution in [0.4, 0.5) is 0 Å². The molecule has 15 heavy (non-hydrogen) atoms. The monoisotopic (exact) mass is 205 g/mol. The zero-order valence-electron chi connectivity index (χ0n) is 9.37. The molecule has 1 aromatic heterocycles. The summed E-state index contributed by atoms with van der Waals surface area (Å²) in [5.74, 6) is 0.859. The van der Waals surface area contributed by atoms with Gasteiger partial charge in [0, 0.05) is 18.8 Å². The summed E-state index contributed by atoms with van der Waals surface area (Å²) >= 11 is 0. The average Bonchev–Trinajstić information content (AvgIpc) is 2.28. The van der Waals surface area contributed by atoms with E-state index in [2.05, 4.69) is 15.3 Å². The molecule has 0 aliphatic heterocycles. The van der Waals surface area contributed by atoms with E-state index < -0.39 is 0 Å². The fourth-order valence-electron chi connectivity index (χ4n) is 2.16. The number of aryl methyl sites for hydroxylation is 1. The van der Waals surface area contributed by atoms with Crippen LogP contribution in [0.15, 0.2) is 12.3 Å². The summed E-state index contributed by atoms with van der Waals surface area (Å²) in [6, 6.07) is 2.69. The molecule has 0 unspecified atom stereocenters. The van der Waals surface area contributed by atoms with Crippen molar-refractivity contribution in [3.63, 3.8) is 0 Å². The lowest BCUT2D eigenvalue weighted by Gasteiger charge is -2.22. The highest BCUT2D eigenvalue weighted by atomic mass is 14.9. The Morgan fingerprint density at radius 3 is 2.87 bits per heavy atom. The first-order valence-electron chi connectivity index (χ1n) is 5.86. The second kappa shape index (κ2) is 5.21. The average molecular weight is 205 g/mol. The molecule has 1 heterocycles. The molecule has 2 rings (SSSR count). The Morgan fingerprint density at radius 2 is 2.13 bits per heavy atom. The number of hydrogen-bond acceptors (Lipinski definition) is 3. The standard InChI is InChI=1S/C12H19N3/c1-10-13-8-7-12(15-10)9-14-11-5-3-2-4-6-11/h7-8,11,14H,2-6,9H2,1H3. The summed E-state index contributed by atoms with van der Waals surface area (Å²) < 4.78 is 0. The largest absolute Gasteiger partial charge is 0.308 e. The first-order chi connectivity index (χ1) is 7.34. The van der Waals surface area contributed by atoms with E-state index in [0.717, 1.165) is 18.1 Å². The van der Waals surface area contributed by atoms with Crippen LogP contribution in [0, 0.1) is 6.92 Å². The Hall–Kier alpha value is -0.960. The first-order valence-corrected chi connectivity index (χ1v) is 5.86. The van der Waals surface area contributed by atoms with E-state index in [1.54, 1.807) is 0 Å². The quantitative estimate of drug-likeness (QED) is 0.822. The van der Waals surface area contributed by atoms with Gasteiger partial charge in [-0.2, -0.15) is 0 Å². The number of nitrogens with one attached hydrogen (secondary N) is 1. The van der Waals surface area contributed by atoms with Crippen molar-refractivity contribution in [3.05, 3.63) is 23.8 Å². The van der Waals surface area contributed by atoms with Crippen molar-refractivity contribution in [1.82, 2.24) is 15.3 Å². The van der Waals surface area contributed by atoms with E-state index in [-0.39, 0.29) is 0 Å². The molecule has 1 aliphatic rings. The van der Waals surface area contributed by atoms with Gasteiger partial charge in [0.2, 0.25) is 0 Å². The van der Waals surface area contributed by atoms with E-state index in [4.69, 9.17) is 0 Å². The summed E-state index contributed by atoms with van der Waals surface area (Å²) in [7, 11) is 0. The van der Waals surface area contributed by atoms with E-state index in [1.165, 1.54) is 32.1 Å². The molecule has 0 radical (unpaired) electrons. The Bertz CT molecular complexity index is 305. The Balaban J connectivity index is 1.81. The van der Waals surface area contributed by atoms with Crippen LogP contribution in [0.25, 0.3) is 0 Å². The van der Waals surface area contributed by atoms with Crippen LogP contribution in [0.2, 0.25) is 0 Å². The Morgan fingerprint density at radius 1 is 1.33 bits per heavy atom. The number of rotatable bonds is 3. The van der Waals surface area contributed by atoms with Crippen LogP contribution in [0.3, 0.4) is 0 Å². The summed E-state index contributed by atoms with van der Waals surface area (Å²) in [6.45, 7) is 2.82. The van der Waals surface area contributed by atoms with Crippen molar-refractivity contribution < 1.29 is 0 Å². The summed E-state index contributed by atoms with van der Waals surface area (Å²) in [5, 5.41) is 3.57. The van der Waals surface area contributed by atoms with Gasteiger partial charge >= 0.3 is 0 Å². The van der Waals surface area contributed by atoms with Crippen LogP contribution >= 0.6 is 0 Å². The fraction of sp³-hybridized carbons (Fsp3) is 0.667. The Labute approximate surface area is 91.3 Å². The van der Waals surface area contributed by atoms with Crippen LogP contribution in [0.5, 0.6) is 0 Å². The number of hydrogen-bond donors (Lipinski definition) is 1. The lowest BCUT2D eigenvalue weighted by atomic mass is 9.95. The van der Waals surface area contributed by atoms with Crippen LogP contribution in [-0.2, 0) is 6.54 Å². The van der Waals surface area contributed by atoms with Crippen molar-refractivity contribution >= 4 is 0 Å². The molecular weight excluding hydrogens is 186 g/mol. The molecule has 1 N–H and O–H groups in total. The van der Waals surface area contributed by atoms with Crippen molar-refractivity contribution in [2.24, 2.45) is 0 Å². The van der Waals surface area contributed by atoms with E-state index in [0.29, 0.717) is 6.04 Å². The topological polar surface area (TPSA) is 37.8 Å². The van der Waals surface area contributed by atoms with Crippen molar-refractivity contribution in [3.8, 4) is 0 Å². The number of aromatic nitrogens is 2. The lowest BCUT2D eigenvalue weighted by molar-refractivity contribution is 0.371. The minimum absolute atomic E-state index is 0.703. The third kappa shape index (κ3) is 3.27. The summed E-state index contributed by atoms with van der Waals surface area (Å²) in [4.78, 5) is 8.48. The molecule has 82 valence electrons. The van der Waals surface area contributed by atoms with Gasteiger partial charge in [0.25, 0.3) is 0 Å². The molecule has 0 amide bonds. The fourth-order valence-corrected chi connectivity index (χ4v) is 2.16. The maximum Gasteiger partial charge on any atom is 0.125 e. The van der Waals surface area contributed by atoms with Gasteiger partial charge in [-0.05, 0) is 25.8 Å². The molecule has 0 aromatic carbocycles. The normalized spacial score (nSPS) is 17.9. The maximum atomic E-state index is 4.38. The zero-order chi connectivity index (χ0) is 10.5. The van der Waals surface area contributed by atoms with Crippen LogP contribution in [0.1, 0.15) is 43.6 Å². The minimum atomic E-state index is 0.703. The summed E-state index contributed by atoms with van der Waals surface area (Å²) in [6.07, 6.45) is 8.64. The molecule has 3 nitrogen and oxygen atoms in total. The van der Waals surface area contributed by atoms with Gasteiger partial charge in [0.1, 0.15) is 5.82 Å². The zero-order valence-corrected chi connectivity index (χ0v) is 9.37. The van der Waals surface area contributed by atoms with Crippen molar-refractivity contribution in [2.75, 3.05) is 0 Å².